The van der Waals surface area contributed by atoms with E-state index in [-0.39, 0.29) is 5.91 Å². The van der Waals surface area contributed by atoms with Gasteiger partial charge < -0.3 is 5.32 Å². The molecule has 0 fully saturated rings. The fourth-order valence-electron chi connectivity index (χ4n) is 0.767. The summed E-state index contributed by atoms with van der Waals surface area (Å²) < 4.78 is 2.07. The fraction of sp³-hybridized carbons (Fsp3) is 0. The Kier molecular flexibility index (Phi) is 3.92. The third kappa shape index (κ3) is 3.11. The molecule has 0 unspecified atom stereocenters. The standard InChI is InChI=1S/C9H7BrINO/c1-2-9(13)12-6-3-4-8(11)7(10)5-6/h2-5H,1H2,(H,12,13). The monoisotopic (exact) mass is 351 g/mol. The molecule has 0 saturated carbocycles. The van der Waals surface area contributed by atoms with Gasteiger partial charge in [0.15, 0.2) is 0 Å². The van der Waals surface area contributed by atoms with Crippen molar-refractivity contribution in [3.05, 3.63) is 38.9 Å². The number of nitrogens with one attached hydrogen (secondary N) is 1. The van der Waals surface area contributed by atoms with Crippen LogP contribution in [0.4, 0.5) is 5.69 Å². The second-order valence-electron chi connectivity index (χ2n) is 2.32. The van der Waals surface area contributed by atoms with Crippen molar-refractivity contribution in [2.45, 2.75) is 0 Å². The molecule has 0 atom stereocenters. The van der Waals surface area contributed by atoms with E-state index in [4.69, 9.17) is 0 Å². The smallest absolute Gasteiger partial charge is 0.247 e. The van der Waals surface area contributed by atoms with Gasteiger partial charge in [-0.3, -0.25) is 4.79 Å². The van der Waals surface area contributed by atoms with E-state index in [9.17, 15) is 4.79 Å². The number of hydrogen-bond acceptors (Lipinski definition) is 1. The molecular formula is C9H7BrINO. The summed E-state index contributed by atoms with van der Waals surface area (Å²) in [5, 5.41) is 2.67. The van der Waals surface area contributed by atoms with Crippen molar-refractivity contribution < 1.29 is 4.79 Å². The van der Waals surface area contributed by atoms with Gasteiger partial charge in [0.25, 0.3) is 0 Å². The van der Waals surface area contributed by atoms with Crippen LogP contribution in [-0.4, -0.2) is 5.91 Å². The molecule has 0 saturated heterocycles. The number of carbonyl (C=O) groups is 1. The minimum absolute atomic E-state index is 0.201. The van der Waals surface area contributed by atoms with Crippen molar-refractivity contribution in [3.8, 4) is 0 Å². The van der Waals surface area contributed by atoms with E-state index >= 15 is 0 Å². The van der Waals surface area contributed by atoms with Crippen LogP contribution in [0.3, 0.4) is 0 Å². The number of benzene rings is 1. The average molecular weight is 352 g/mol. The van der Waals surface area contributed by atoms with Gasteiger partial charge >= 0.3 is 0 Å². The molecule has 0 spiro atoms. The van der Waals surface area contributed by atoms with Gasteiger partial charge in [-0.25, -0.2) is 0 Å². The molecule has 1 amide bonds. The SMILES string of the molecule is C=CC(=O)Nc1ccc(I)c(Br)c1. The van der Waals surface area contributed by atoms with Gasteiger partial charge in [-0.2, -0.15) is 0 Å². The van der Waals surface area contributed by atoms with E-state index in [2.05, 4.69) is 50.4 Å². The van der Waals surface area contributed by atoms with E-state index in [1.807, 2.05) is 18.2 Å². The van der Waals surface area contributed by atoms with Crippen LogP contribution < -0.4 is 5.32 Å². The number of hydrogen-bond donors (Lipinski definition) is 1. The second kappa shape index (κ2) is 4.76. The molecule has 1 rings (SSSR count). The molecule has 2 nitrogen and oxygen atoms in total. The normalized spacial score (nSPS) is 9.38. The van der Waals surface area contributed by atoms with Crippen LogP contribution in [-0.2, 0) is 4.79 Å². The van der Waals surface area contributed by atoms with E-state index < -0.39 is 0 Å². The minimum Gasteiger partial charge on any atom is -0.322 e. The maximum atomic E-state index is 10.9. The Morgan fingerprint density at radius 1 is 1.62 bits per heavy atom. The molecule has 4 heteroatoms. The number of rotatable bonds is 2. The topological polar surface area (TPSA) is 29.1 Å². The van der Waals surface area contributed by atoms with Crippen molar-refractivity contribution in [2.75, 3.05) is 5.32 Å². The first-order valence-electron chi connectivity index (χ1n) is 3.52. The van der Waals surface area contributed by atoms with Crippen molar-refractivity contribution in [3.63, 3.8) is 0 Å². The highest BCUT2D eigenvalue weighted by Gasteiger charge is 1.99. The summed E-state index contributed by atoms with van der Waals surface area (Å²) in [5.41, 5.74) is 0.761. The van der Waals surface area contributed by atoms with E-state index in [1.165, 1.54) is 6.08 Å². The van der Waals surface area contributed by atoms with E-state index in [0.717, 1.165) is 13.7 Å². The zero-order valence-corrected chi connectivity index (χ0v) is 10.4. The number of amides is 1. The van der Waals surface area contributed by atoms with Crippen molar-refractivity contribution >= 4 is 50.1 Å². The number of anilines is 1. The average Bonchev–Trinajstić information content (AvgIpc) is 2.11. The third-order valence-electron chi connectivity index (χ3n) is 1.37. The lowest BCUT2D eigenvalue weighted by Crippen LogP contribution is -2.07. The van der Waals surface area contributed by atoms with Crippen molar-refractivity contribution in [1.29, 1.82) is 0 Å². The Morgan fingerprint density at radius 3 is 2.85 bits per heavy atom. The first-order valence-corrected chi connectivity index (χ1v) is 5.39. The largest absolute Gasteiger partial charge is 0.322 e. The molecule has 13 heavy (non-hydrogen) atoms. The fourth-order valence-corrected chi connectivity index (χ4v) is 1.48. The van der Waals surface area contributed by atoms with Crippen LogP contribution >= 0.6 is 38.5 Å². The molecule has 0 bridgehead atoms. The lowest BCUT2D eigenvalue weighted by atomic mass is 10.3. The highest BCUT2D eigenvalue weighted by molar-refractivity contribution is 14.1. The van der Waals surface area contributed by atoms with Gasteiger partial charge in [-0.15, -0.1) is 0 Å². The van der Waals surface area contributed by atoms with Gasteiger partial charge in [-0.1, -0.05) is 6.58 Å². The van der Waals surface area contributed by atoms with E-state index in [0.29, 0.717) is 0 Å². The lowest BCUT2D eigenvalue weighted by Gasteiger charge is -2.03. The lowest BCUT2D eigenvalue weighted by molar-refractivity contribution is -0.111. The predicted molar refractivity (Wildman–Crippen MR) is 65.7 cm³/mol. The summed E-state index contributed by atoms with van der Waals surface area (Å²) in [4.78, 5) is 10.9. The van der Waals surface area contributed by atoms with Gasteiger partial charge in [0.1, 0.15) is 0 Å². The van der Waals surface area contributed by atoms with Crippen LogP contribution in [0.2, 0.25) is 0 Å². The van der Waals surface area contributed by atoms with Gasteiger partial charge in [-0.05, 0) is 62.8 Å². The summed E-state index contributed by atoms with van der Waals surface area (Å²) in [6, 6.07) is 5.61. The molecule has 1 N–H and O–H groups in total. The Hall–Kier alpha value is -0.360. The Balaban J connectivity index is 2.85. The zero-order valence-electron chi connectivity index (χ0n) is 6.68. The molecule has 0 heterocycles. The minimum atomic E-state index is -0.201. The molecule has 68 valence electrons. The first-order chi connectivity index (χ1) is 6.13. The first kappa shape index (κ1) is 10.7. The Morgan fingerprint density at radius 2 is 2.31 bits per heavy atom. The number of carbonyl (C=O) groups excluding carboxylic acids is 1. The maximum Gasteiger partial charge on any atom is 0.247 e. The molecule has 0 aliphatic heterocycles. The molecule has 0 aliphatic rings. The molecule has 1 aromatic carbocycles. The Bertz CT molecular complexity index is 351. The molecule has 1 aromatic rings. The van der Waals surface area contributed by atoms with E-state index in [1.54, 1.807) is 0 Å². The summed E-state index contributed by atoms with van der Waals surface area (Å²) in [7, 11) is 0. The second-order valence-corrected chi connectivity index (χ2v) is 4.34. The highest BCUT2D eigenvalue weighted by Crippen LogP contribution is 2.22. The molecule has 0 radical (unpaired) electrons. The highest BCUT2D eigenvalue weighted by atomic mass is 127. The summed E-state index contributed by atoms with van der Waals surface area (Å²) in [5.74, 6) is -0.201. The molecule has 0 aromatic heterocycles. The zero-order chi connectivity index (χ0) is 9.84. The van der Waals surface area contributed by atoms with Crippen LogP contribution in [0.15, 0.2) is 35.3 Å². The third-order valence-corrected chi connectivity index (χ3v) is 3.71. The summed E-state index contributed by atoms with van der Waals surface area (Å²) in [6.07, 6.45) is 1.24. The van der Waals surface area contributed by atoms with Crippen LogP contribution in [0.5, 0.6) is 0 Å². The molecular weight excluding hydrogens is 345 g/mol. The van der Waals surface area contributed by atoms with Crippen molar-refractivity contribution in [2.24, 2.45) is 0 Å². The van der Waals surface area contributed by atoms with Gasteiger partial charge in [0.2, 0.25) is 5.91 Å². The van der Waals surface area contributed by atoms with Crippen LogP contribution in [0, 0.1) is 3.57 Å². The van der Waals surface area contributed by atoms with Crippen LogP contribution in [0.25, 0.3) is 0 Å². The summed E-state index contributed by atoms with van der Waals surface area (Å²) >= 11 is 5.58. The summed E-state index contributed by atoms with van der Waals surface area (Å²) in [6.45, 7) is 3.37. The Labute approximate surface area is 98.7 Å². The molecule has 0 aliphatic carbocycles. The van der Waals surface area contributed by atoms with Gasteiger partial charge in [0, 0.05) is 13.7 Å². The quantitative estimate of drug-likeness (QED) is 0.643. The maximum absolute atomic E-state index is 10.9. The van der Waals surface area contributed by atoms with Gasteiger partial charge in [0.05, 0.1) is 0 Å². The van der Waals surface area contributed by atoms with Crippen LogP contribution in [0.1, 0.15) is 0 Å². The predicted octanol–water partition coefficient (Wildman–Crippen LogP) is 3.18. The van der Waals surface area contributed by atoms with Crippen molar-refractivity contribution in [1.82, 2.24) is 0 Å². The number of halogens is 2.